The van der Waals surface area contributed by atoms with Crippen LogP contribution in [0.1, 0.15) is 73.2 Å². The Kier molecular flexibility index (Phi) is 5.30. The first-order valence-corrected chi connectivity index (χ1v) is 9.02. The van der Waals surface area contributed by atoms with Crippen LogP contribution in [0.15, 0.2) is 24.3 Å². The third-order valence-corrected chi connectivity index (χ3v) is 6.16. The van der Waals surface area contributed by atoms with Crippen molar-refractivity contribution in [3.05, 3.63) is 35.4 Å². The van der Waals surface area contributed by atoms with Crippen molar-refractivity contribution in [1.82, 2.24) is 5.32 Å². The lowest BCUT2D eigenvalue weighted by Gasteiger charge is -2.38. The summed E-state index contributed by atoms with van der Waals surface area (Å²) in [5, 5.41) is 3.44. The minimum absolute atomic E-state index is 0.714. The summed E-state index contributed by atoms with van der Waals surface area (Å²) in [6.45, 7) is 0. The van der Waals surface area contributed by atoms with Crippen LogP contribution in [0.4, 0.5) is 0 Å². The molecular formula is C20H29NO. The molecule has 1 aromatic carbocycles. The lowest BCUT2D eigenvalue weighted by Crippen LogP contribution is -2.33. The minimum Gasteiger partial charge on any atom is -0.317 e. The molecule has 0 radical (unpaired) electrons. The van der Waals surface area contributed by atoms with E-state index in [1.165, 1.54) is 56.9 Å². The van der Waals surface area contributed by atoms with Crippen LogP contribution in [-0.4, -0.2) is 19.4 Å². The van der Waals surface area contributed by atoms with Crippen LogP contribution >= 0.6 is 0 Å². The monoisotopic (exact) mass is 299 g/mol. The van der Waals surface area contributed by atoms with Crippen LogP contribution in [0, 0.1) is 11.8 Å². The van der Waals surface area contributed by atoms with Crippen LogP contribution in [0.2, 0.25) is 0 Å². The van der Waals surface area contributed by atoms with Crippen molar-refractivity contribution in [3.8, 4) is 0 Å². The normalized spacial score (nSPS) is 32.6. The molecular weight excluding hydrogens is 270 g/mol. The molecule has 2 aliphatic carbocycles. The molecule has 2 aliphatic rings. The van der Waals surface area contributed by atoms with E-state index >= 15 is 0 Å². The van der Waals surface area contributed by atoms with Crippen molar-refractivity contribution in [1.29, 1.82) is 0 Å². The SMILES string of the molecule is CNC1CCC(C2CCC(c3ccc(C=O)cc3)CC2)CC1. The van der Waals surface area contributed by atoms with Gasteiger partial charge in [-0.15, -0.1) is 0 Å². The first kappa shape index (κ1) is 15.7. The Bertz CT molecular complexity index is 465. The van der Waals surface area contributed by atoms with Crippen molar-refractivity contribution < 1.29 is 4.79 Å². The zero-order chi connectivity index (χ0) is 15.4. The maximum Gasteiger partial charge on any atom is 0.150 e. The molecule has 22 heavy (non-hydrogen) atoms. The molecule has 2 heteroatoms. The lowest BCUT2D eigenvalue weighted by atomic mass is 9.69. The van der Waals surface area contributed by atoms with Gasteiger partial charge in [0.15, 0.2) is 0 Å². The quantitative estimate of drug-likeness (QED) is 0.826. The van der Waals surface area contributed by atoms with Crippen molar-refractivity contribution in [2.24, 2.45) is 11.8 Å². The molecule has 2 nitrogen and oxygen atoms in total. The van der Waals surface area contributed by atoms with Crippen LogP contribution < -0.4 is 5.32 Å². The van der Waals surface area contributed by atoms with Crippen molar-refractivity contribution in [2.75, 3.05) is 7.05 Å². The van der Waals surface area contributed by atoms with Gasteiger partial charge in [-0.1, -0.05) is 24.3 Å². The zero-order valence-corrected chi connectivity index (χ0v) is 13.8. The number of nitrogens with one attached hydrogen (secondary N) is 1. The molecule has 0 heterocycles. The summed E-state index contributed by atoms with van der Waals surface area (Å²) in [5.74, 6) is 2.65. The van der Waals surface area contributed by atoms with Gasteiger partial charge in [0.05, 0.1) is 0 Å². The fourth-order valence-corrected chi connectivity index (χ4v) is 4.65. The molecule has 1 N–H and O–H groups in total. The van der Waals surface area contributed by atoms with Crippen LogP contribution in [-0.2, 0) is 0 Å². The maximum absolute atomic E-state index is 10.8. The van der Waals surface area contributed by atoms with Gasteiger partial charge in [-0.3, -0.25) is 4.79 Å². The van der Waals surface area contributed by atoms with Crippen LogP contribution in [0.5, 0.6) is 0 Å². The number of carbonyl (C=O) groups excluding carboxylic acids is 1. The summed E-state index contributed by atoms with van der Waals surface area (Å²) in [6.07, 6.45) is 12.0. The number of rotatable bonds is 4. The number of hydrogen-bond donors (Lipinski definition) is 1. The molecule has 0 aromatic heterocycles. The first-order valence-electron chi connectivity index (χ1n) is 9.02. The van der Waals surface area contributed by atoms with Gasteiger partial charge in [0, 0.05) is 11.6 Å². The van der Waals surface area contributed by atoms with Gasteiger partial charge in [-0.05, 0) is 81.7 Å². The van der Waals surface area contributed by atoms with E-state index in [2.05, 4.69) is 24.5 Å². The van der Waals surface area contributed by atoms with Gasteiger partial charge in [0.1, 0.15) is 6.29 Å². The van der Waals surface area contributed by atoms with Crippen molar-refractivity contribution in [2.45, 2.75) is 63.3 Å². The van der Waals surface area contributed by atoms with Gasteiger partial charge >= 0.3 is 0 Å². The highest BCUT2D eigenvalue weighted by Gasteiger charge is 2.30. The molecule has 120 valence electrons. The topological polar surface area (TPSA) is 29.1 Å². The Morgan fingerprint density at radius 3 is 1.91 bits per heavy atom. The number of benzene rings is 1. The Balaban J connectivity index is 1.50. The molecule has 2 fully saturated rings. The fraction of sp³-hybridized carbons (Fsp3) is 0.650. The molecule has 0 saturated heterocycles. The Morgan fingerprint density at radius 2 is 1.41 bits per heavy atom. The first-order chi connectivity index (χ1) is 10.8. The zero-order valence-electron chi connectivity index (χ0n) is 13.8. The average Bonchev–Trinajstić information content (AvgIpc) is 2.62. The highest BCUT2D eigenvalue weighted by molar-refractivity contribution is 5.74. The average molecular weight is 299 g/mol. The lowest BCUT2D eigenvalue weighted by molar-refractivity contribution is 0.112. The number of aldehydes is 1. The highest BCUT2D eigenvalue weighted by atomic mass is 16.1. The Labute approximate surface area is 134 Å². The largest absolute Gasteiger partial charge is 0.317 e. The molecule has 3 rings (SSSR count). The van der Waals surface area contributed by atoms with Crippen molar-refractivity contribution >= 4 is 6.29 Å². The minimum atomic E-state index is 0.714. The third-order valence-electron chi connectivity index (χ3n) is 6.16. The van der Waals surface area contributed by atoms with Gasteiger partial charge in [0.25, 0.3) is 0 Å². The summed E-state index contributed by atoms with van der Waals surface area (Å²) in [5.41, 5.74) is 2.22. The molecule has 0 amide bonds. The maximum atomic E-state index is 10.8. The second kappa shape index (κ2) is 7.41. The van der Waals surface area contributed by atoms with E-state index in [0.717, 1.165) is 29.7 Å². The molecule has 0 aliphatic heterocycles. The fourth-order valence-electron chi connectivity index (χ4n) is 4.65. The summed E-state index contributed by atoms with van der Waals surface area (Å²) < 4.78 is 0. The van der Waals surface area contributed by atoms with E-state index < -0.39 is 0 Å². The summed E-state index contributed by atoms with van der Waals surface area (Å²) in [6, 6.07) is 9.02. The van der Waals surface area contributed by atoms with E-state index in [-0.39, 0.29) is 0 Å². The Hall–Kier alpha value is -1.15. The molecule has 1 aromatic rings. The standard InChI is InChI=1S/C20H29NO/c1-21-20-12-10-19(11-13-20)18-8-6-17(7-9-18)16-4-2-15(14-22)3-5-16/h2-5,14,17-21H,6-13H2,1H3. The van der Waals surface area contributed by atoms with Crippen molar-refractivity contribution in [3.63, 3.8) is 0 Å². The molecule has 0 atom stereocenters. The van der Waals surface area contributed by atoms with Gasteiger partial charge in [0.2, 0.25) is 0 Å². The summed E-state index contributed by atoms with van der Waals surface area (Å²) >= 11 is 0. The van der Waals surface area contributed by atoms with E-state index in [9.17, 15) is 4.79 Å². The second-order valence-corrected chi connectivity index (χ2v) is 7.30. The molecule has 0 unspecified atom stereocenters. The second-order valence-electron chi connectivity index (χ2n) is 7.30. The van der Waals surface area contributed by atoms with Gasteiger partial charge in [-0.25, -0.2) is 0 Å². The van der Waals surface area contributed by atoms with Crippen LogP contribution in [0.3, 0.4) is 0 Å². The predicted molar refractivity (Wildman–Crippen MR) is 91.3 cm³/mol. The number of hydrogen-bond acceptors (Lipinski definition) is 2. The molecule has 2 saturated carbocycles. The van der Waals surface area contributed by atoms with E-state index in [1.807, 2.05) is 12.1 Å². The van der Waals surface area contributed by atoms with Crippen LogP contribution in [0.25, 0.3) is 0 Å². The molecule has 0 spiro atoms. The van der Waals surface area contributed by atoms with Gasteiger partial charge < -0.3 is 5.32 Å². The van der Waals surface area contributed by atoms with E-state index in [0.29, 0.717) is 5.92 Å². The van der Waals surface area contributed by atoms with E-state index in [4.69, 9.17) is 0 Å². The summed E-state index contributed by atoms with van der Waals surface area (Å²) in [4.78, 5) is 10.8. The Morgan fingerprint density at radius 1 is 0.864 bits per heavy atom. The van der Waals surface area contributed by atoms with Gasteiger partial charge in [-0.2, -0.15) is 0 Å². The summed E-state index contributed by atoms with van der Waals surface area (Å²) in [7, 11) is 2.10. The highest BCUT2D eigenvalue weighted by Crippen LogP contribution is 2.42. The molecule has 0 bridgehead atoms. The van der Waals surface area contributed by atoms with E-state index in [1.54, 1.807) is 0 Å². The smallest absolute Gasteiger partial charge is 0.150 e. The third kappa shape index (κ3) is 3.60. The number of carbonyl (C=O) groups is 1. The predicted octanol–water partition coefficient (Wildman–Crippen LogP) is 4.55.